The summed E-state index contributed by atoms with van der Waals surface area (Å²) in [6.45, 7) is 4.80. The Hall–Kier alpha value is -6.00. The first-order valence-electron chi connectivity index (χ1n) is 19.5. The Morgan fingerprint density at radius 3 is 2.43 bits per heavy atom. The van der Waals surface area contributed by atoms with Gasteiger partial charge in [-0.25, -0.2) is 23.4 Å². The molecular weight excluding hydrogens is 818 g/mol. The van der Waals surface area contributed by atoms with Crippen molar-refractivity contribution < 1.29 is 13.3 Å². The third-order valence-electron chi connectivity index (χ3n) is 10.5. The molecule has 1 saturated heterocycles. The molecule has 1 atom stereocenters. The zero-order valence-corrected chi connectivity index (χ0v) is 34.9. The topological polar surface area (TPSA) is 151 Å². The van der Waals surface area contributed by atoms with Gasteiger partial charge in [0.05, 0.1) is 21.7 Å². The van der Waals surface area contributed by atoms with E-state index in [4.69, 9.17) is 11.6 Å². The molecule has 0 bridgehead atoms. The van der Waals surface area contributed by atoms with Gasteiger partial charge in [0.1, 0.15) is 12.0 Å². The van der Waals surface area contributed by atoms with E-state index in [0.29, 0.717) is 34.6 Å². The van der Waals surface area contributed by atoms with Gasteiger partial charge in [-0.2, -0.15) is 0 Å². The maximum absolute atomic E-state index is 13.8. The summed E-state index contributed by atoms with van der Waals surface area (Å²) in [5.74, 6) is 0.704. The number of rotatable bonds is 16. The summed E-state index contributed by atoms with van der Waals surface area (Å²) in [5, 5.41) is 16.9. The number of imidazole rings is 1. The summed E-state index contributed by atoms with van der Waals surface area (Å²) in [4.78, 5) is 30.2. The van der Waals surface area contributed by atoms with E-state index in [2.05, 4.69) is 71.2 Å². The smallest absolute Gasteiger partial charge is 0.293 e. The summed E-state index contributed by atoms with van der Waals surface area (Å²) >= 11 is 7.78. The van der Waals surface area contributed by atoms with Crippen molar-refractivity contribution >= 4 is 67.2 Å². The Balaban J connectivity index is 0.940. The van der Waals surface area contributed by atoms with Crippen molar-refractivity contribution in [1.29, 1.82) is 0 Å². The number of nitrogens with zero attached hydrogens (tertiary/aromatic N) is 7. The normalized spacial score (nSPS) is 13.9. The number of anilines is 3. The number of hydrogen-bond donors (Lipinski definition) is 2. The SMILES string of the molecule is O=[N+]([O-])c1cc(S(=O)(=O)Nc2ncnc3cc(N4CCN(Cc5ccccc5-c5ccc(Cl)cc5)CC4)ccc23)ccc1N[C@H](CCn1ccnc1)CSc1ccccc1. The van der Waals surface area contributed by atoms with Crippen LogP contribution in [0.1, 0.15) is 12.0 Å². The first-order chi connectivity index (χ1) is 29.2. The average molecular weight is 860 g/mol. The van der Waals surface area contributed by atoms with Crippen LogP contribution in [0.3, 0.4) is 0 Å². The fraction of sp³-hybridized carbons (Fsp3) is 0.205. The molecule has 60 heavy (non-hydrogen) atoms. The number of fused-ring (bicyclic) bond motifs is 1. The summed E-state index contributed by atoms with van der Waals surface area (Å²) in [7, 11) is -4.29. The lowest BCUT2D eigenvalue weighted by Gasteiger charge is -2.36. The molecule has 0 unspecified atom stereocenters. The van der Waals surface area contributed by atoms with Gasteiger partial charge in [0, 0.05) is 90.5 Å². The van der Waals surface area contributed by atoms with E-state index in [-0.39, 0.29) is 28.1 Å². The number of thioether (sulfide) groups is 1. The van der Waals surface area contributed by atoms with Gasteiger partial charge in [-0.15, -0.1) is 11.8 Å². The molecular formula is C44H42ClN9O4S2. The van der Waals surface area contributed by atoms with E-state index in [0.717, 1.165) is 54.9 Å². The molecule has 306 valence electrons. The van der Waals surface area contributed by atoms with Crippen LogP contribution in [0.4, 0.5) is 22.9 Å². The van der Waals surface area contributed by atoms with Gasteiger partial charge in [-0.1, -0.05) is 66.2 Å². The number of sulfonamides is 1. The Kier molecular flexibility index (Phi) is 12.6. The molecule has 13 nitrogen and oxygen atoms in total. The van der Waals surface area contributed by atoms with Gasteiger partial charge in [-0.3, -0.25) is 19.7 Å². The predicted octanol–water partition coefficient (Wildman–Crippen LogP) is 8.84. The van der Waals surface area contributed by atoms with Crippen molar-refractivity contribution in [2.24, 2.45) is 0 Å². The van der Waals surface area contributed by atoms with Crippen LogP contribution in [0.5, 0.6) is 0 Å². The highest BCUT2D eigenvalue weighted by Crippen LogP contribution is 2.33. The van der Waals surface area contributed by atoms with Gasteiger partial charge >= 0.3 is 0 Å². The van der Waals surface area contributed by atoms with Crippen molar-refractivity contribution in [3.63, 3.8) is 0 Å². The lowest BCUT2D eigenvalue weighted by molar-refractivity contribution is -0.384. The first-order valence-corrected chi connectivity index (χ1v) is 22.3. The quantitative estimate of drug-likeness (QED) is 0.0545. The molecule has 5 aromatic carbocycles. The molecule has 0 saturated carbocycles. The van der Waals surface area contributed by atoms with Crippen LogP contribution in [-0.2, 0) is 23.1 Å². The number of nitro groups is 1. The van der Waals surface area contributed by atoms with Crippen molar-refractivity contribution in [2.45, 2.75) is 35.3 Å². The molecule has 1 fully saturated rings. The molecule has 0 amide bonds. The van der Waals surface area contributed by atoms with Crippen LogP contribution in [0, 0.1) is 10.1 Å². The first kappa shape index (κ1) is 40.8. The minimum Gasteiger partial charge on any atom is -0.376 e. The van der Waals surface area contributed by atoms with Gasteiger partial charge in [-0.05, 0) is 77.7 Å². The largest absolute Gasteiger partial charge is 0.376 e. The van der Waals surface area contributed by atoms with Crippen LogP contribution in [0.2, 0.25) is 5.02 Å². The average Bonchev–Trinajstić information content (AvgIpc) is 3.79. The molecule has 1 aliphatic rings. The van der Waals surface area contributed by atoms with Gasteiger partial charge in [0.2, 0.25) is 0 Å². The highest BCUT2D eigenvalue weighted by Gasteiger charge is 2.25. The fourth-order valence-corrected chi connectivity index (χ4v) is 9.46. The van der Waals surface area contributed by atoms with E-state index in [1.807, 2.05) is 71.4 Å². The highest BCUT2D eigenvalue weighted by molar-refractivity contribution is 7.99. The molecule has 3 heterocycles. The lowest BCUT2D eigenvalue weighted by atomic mass is 9.99. The predicted molar refractivity (Wildman–Crippen MR) is 239 cm³/mol. The molecule has 16 heteroatoms. The minimum atomic E-state index is -4.29. The number of aryl methyl sites for hydroxylation is 1. The zero-order chi connectivity index (χ0) is 41.5. The molecule has 7 aromatic rings. The van der Waals surface area contributed by atoms with E-state index in [1.54, 1.807) is 24.3 Å². The number of halogens is 1. The van der Waals surface area contributed by atoms with Gasteiger partial charge < -0.3 is 14.8 Å². The molecule has 2 N–H and O–H groups in total. The van der Waals surface area contributed by atoms with Crippen LogP contribution in [0.25, 0.3) is 22.0 Å². The molecule has 0 spiro atoms. The number of hydrogen-bond acceptors (Lipinski definition) is 11. The van der Waals surface area contributed by atoms with Crippen LogP contribution in [-0.4, -0.2) is 75.7 Å². The second-order valence-corrected chi connectivity index (χ2v) is 17.7. The van der Waals surface area contributed by atoms with Crippen molar-refractivity contribution in [3.8, 4) is 11.1 Å². The van der Waals surface area contributed by atoms with E-state index < -0.39 is 14.9 Å². The zero-order valence-electron chi connectivity index (χ0n) is 32.5. The van der Waals surface area contributed by atoms with Gasteiger partial charge in [0.15, 0.2) is 5.82 Å². The van der Waals surface area contributed by atoms with E-state index in [1.165, 1.54) is 29.6 Å². The van der Waals surface area contributed by atoms with E-state index in [9.17, 15) is 18.5 Å². The van der Waals surface area contributed by atoms with Crippen LogP contribution in [0.15, 0.2) is 150 Å². The second kappa shape index (κ2) is 18.5. The Morgan fingerprint density at radius 2 is 1.67 bits per heavy atom. The van der Waals surface area contributed by atoms with Crippen molar-refractivity contribution in [1.82, 2.24) is 24.4 Å². The molecule has 0 aliphatic carbocycles. The molecule has 0 radical (unpaired) electrons. The molecule has 2 aromatic heterocycles. The number of nitro benzene ring substituents is 1. The number of aromatic nitrogens is 4. The summed E-state index contributed by atoms with van der Waals surface area (Å²) < 4.78 is 32.1. The number of benzene rings is 5. The standard InChI is InChI=1S/C44H42ClN9O4S2/c45-34-12-10-32(11-13-34)39-9-5-4-6-33(39)28-51-22-24-53(25-23-51)36-14-16-40-42(26-36)47-30-48-44(40)50-60(57,58)38-15-17-41(43(27-38)54(55)56)49-35(18-20-52-21-19-46-31-52)29-59-37-7-2-1-3-8-37/h1-17,19,21,26-27,30-31,35,49H,18,20,22-25,28-29H2,(H,47,48,50)/t35-/m1/s1. The number of nitrogens with one attached hydrogen (secondary N) is 2. The van der Waals surface area contributed by atoms with Gasteiger partial charge in [0.25, 0.3) is 15.7 Å². The Labute approximate surface area is 357 Å². The summed E-state index contributed by atoms with van der Waals surface area (Å²) in [6.07, 6.45) is 7.26. The third kappa shape index (κ3) is 9.88. The highest BCUT2D eigenvalue weighted by atomic mass is 35.5. The monoisotopic (exact) mass is 859 g/mol. The maximum atomic E-state index is 13.8. The van der Waals surface area contributed by atoms with Crippen molar-refractivity contribution in [3.05, 3.63) is 161 Å². The minimum absolute atomic E-state index is 0.0816. The molecule has 8 rings (SSSR count). The number of piperazine rings is 1. The van der Waals surface area contributed by atoms with Crippen molar-refractivity contribution in [2.75, 3.05) is 46.9 Å². The summed E-state index contributed by atoms with van der Waals surface area (Å²) in [6, 6.07) is 35.7. The Bertz CT molecular complexity index is 2680. The fourth-order valence-electron chi connectivity index (χ4n) is 7.29. The lowest BCUT2D eigenvalue weighted by Crippen LogP contribution is -2.46. The Morgan fingerprint density at radius 1 is 0.883 bits per heavy atom. The summed E-state index contributed by atoms with van der Waals surface area (Å²) in [5.41, 5.74) is 5.01. The third-order valence-corrected chi connectivity index (χ3v) is 13.2. The van der Waals surface area contributed by atoms with E-state index >= 15 is 0 Å². The molecule has 1 aliphatic heterocycles. The van der Waals surface area contributed by atoms with Crippen LogP contribution < -0.4 is 14.9 Å². The van der Waals surface area contributed by atoms with Crippen LogP contribution >= 0.6 is 23.4 Å². The second-order valence-electron chi connectivity index (χ2n) is 14.4. The maximum Gasteiger partial charge on any atom is 0.293 e.